The Bertz CT molecular complexity index is 798. The van der Waals surface area contributed by atoms with Crippen LogP contribution in [0.3, 0.4) is 0 Å². The lowest BCUT2D eigenvalue weighted by Gasteiger charge is -2.03. The minimum atomic E-state index is -3.95. The van der Waals surface area contributed by atoms with Gasteiger partial charge >= 0.3 is 5.97 Å². The van der Waals surface area contributed by atoms with Crippen molar-refractivity contribution in [1.29, 1.82) is 0 Å². The van der Waals surface area contributed by atoms with Crippen LogP contribution in [0.25, 0.3) is 0 Å². The number of halogens is 1. The number of methoxy groups -OCH3 is 1. The monoisotopic (exact) mass is 358 g/mol. The van der Waals surface area contributed by atoms with Crippen molar-refractivity contribution in [1.82, 2.24) is 4.83 Å². The number of esters is 1. The van der Waals surface area contributed by atoms with Crippen molar-refractivity contribution in [2.24, 2.45) is 5.10 Å². The van der Waals surface area contributed by atoms with E-state index in [-0.39, 0.29) is 9.77 Å². The minimum Gasteiger partial charge on any atom is -0.465 e. The van der Waals surface area contributed by atoms with E-state index >= 15 is 0 Å². The molecule has 1 N–H and O–H groups in total. The van der Waals surface area contributed by atoms with Gasteiger partial charge in [-0.25, -0.2) is 9.63 Å². The molecule has 0 aliphatic rings. The molecule has 0 bridgehead atoms. The average Bonchev–Trinajstić information content (AvgIpc) is 2.99. The zero-order valence-electron chi connectivity index (χ0n) is 11.3. The van der Waals surface area contributed by atoms with Crippen LogP contribution in [0.2, 0.25) is 5.02 Å². The van der Waals surface area contributed by atoms with Crippen molar-refractivity contribution in [3.63, 3.8) is 0 Å². The average molecular weight is 359 g/mol. The summed E-state index contributed by atoms with van der Waals surface area (Å²) >= 11 is 6.73. The molecular weight excluding hydrogens is 348 g/mol. The van der Waals surface area contributed by atoms with Gasteiger partial charge in [0.2, 0.25) is 0 Å². The SMILES string of the molecule is COC(=O)c1sccc1S(=O)(=O)NN=Cc1ccc(Cl)cc1. The first-order chi connectivity index (χ1) is 10.4. The van der Waals surface area contributed by atoms with Crippen molar-refractivity contribution < 1.29 is 17.9 Å². The van der Waals surface area contributed by atoms with E-state index in [2.05, 4.69) is 14.7 Å². The van der Waals surface area contributed by atoms with Gasteiger partial charge in [0, 0.05) is 5.02 Å². The smallest absolute Gasteiger partial charge is 0.349 e. The number of nitrogens with zero attached hydrogens (tertiary/aromatic N) is 1. The molecule has 0 amide bonds. The van der Waals surface area contributed by atoms with Crippen molar-refractivity contribution in [2.75, 3.05) is 7.11 Å². The summed E-state index contributed by atoms with van der Waals surface area (Å²) in [6.07, 6.45) is 1.33. The molecule has 0 atom stereocenters. The van der Waals surface area contributed by atoms with E-state index < -0.39 is 16.0 Å². The Hall–Kier alpha value is -1.90. The topological polar surface area (TPSA) is 84.8 Å². The van der Waals surface area contributed by atoms with E-state index in [4.69, 9.17) is 11.6 Å². The number of benzene rings is 1. The Morgan fingerprint density at radius 2 is 2.00 bits per heavy atom. The van der Waals surface area contributed by atoms with E-state index in [1.165, 1.54) is 24.8 Å². The fraction of sp³-hybridized carbons (Fsp3) is 0.0769. The lowest BCUT2D eigenvalue weighted by Crippen LogP contribution is -2.20. The van der Waals surface area contributed by atoms with Gasteiger partial charge in [-0.3, -0.25) is 0 Å². The Labute approximate surface area is 136 Å². The third-order valence-corrected chi connectivity index (χ3v) is 5.09. The maximum atomic E-state index is 12.1. The Morgan fingerprint density at radius 3 is 2.64 bits per heavy atom. The standard InChI is InChI=1S/C13H11ClN2O4S2/c1-20-13(17)12-11(6-7-21-12)22(18,19)16-15-8-9-2-4-10(14)5-3-9/h2-8,16H,1H3. The molecule has 116 valence electrons. The highest BCUT2D eigenvalue weighted by molar-refractivity contribution is 7.89. The van der Waals surface area contributed by atoms with Crippen molar-refractivity contribution in [3.8, 4) is 0 Å². The molecule has 0 spiro atoms. The quantitative estimate of drug-likeness (QED) is 0.505. The van der Waals surface area contributed by atoms with Crippen LogP contribution in [-0.2, 0) is 14.8 Å². The second-order valence-electron chi connectivity index (χ2n) is 4.01. The molecule has 0 fully saturated rings. The van der Waals surface area contributed by atoms with Gasteiger partial charge in [-0.05, 0) is 29.1 Å². The molecule has 1 aromatic carbocycles. The number of sulfonamides is 1. The zero-order valence-corrected chi connectivity index (χ0v) is 13.7. The maximum Gasteiger partial charge on any atom is 0.349 e. The van der Waals surface area contributed by atoms with Crippen LogP contribution in [-0.4, -0.2) is 27.7 Å². The largest absolute Gasteiger partial charge is 0.465 e. The van der Waals surface area contributed by atoms with Crippen molar-refractivity contribution in [2.45, 2.75) is 4.90 Å². The second kappa shape index (κ2) is 6.91. The number of ether oxygens (including phenoxy) is 1. The van der Waals surface area contributed by atoms with Crippen molar-refractivity contribution >= 4 is 45.1 Å². The number of rotatable bonds is 5. The summed E-state index contributed by atoms with van der Waals surface area (Å²) in [5.74, 6) is -0.711. The van der Waals surface area contributed by atoms with E-state index in [0.717, 1.165) is 11.3 Å². The predicted molar refractivity (Wildman–Crippen MR) is 85.0 cm³/mol. The van der Waals surface area contributed by atoms with Gasteiger partial charge in [0.1, 0.15) is 9.77 Å². The number of carbonyl (C=O) groups excluding carboxylic acids is 1. The van der Waals surface area contributed by atoms with Crippen LogP contribution in [0, 0.1) is 0 Å². The number of thiophene rings is 1. The van der Waals surface area contributed by atoms with Gasteiger partial charge in [-0.2, -0.15) is 13.5 Å². The fourth-order valence-corrected chi connectivity index (χ4v) is 3.77. The summed E-state index contributed by atoms with van der Waals surface area (Å²) in [5, 5.41) is 5.73. The van der Waals surface area contributed by atoms with Gasteiger partial charge in [-0.15, -0.1) is 11.3 Å². The van der Waals surface area contributed by atoms with Crippen LogP contribution in [0.5, 0.6) is 0 Å². The van der Waals surface area contributed by atoms with Crippen LogP contribution in [0.15, 0.2) is 45.7 Å². The first-order valence-electron chi connectivity index (χ1n) is 5.90. The fourth-order valence-electron chi connectivity index (χ4n) is 1.52. The summed E-state index contributed by atoms with van der Waals surface area (Å²) in [7, 11) is -2.76. The van der Waals surface area contributed by atoms with Crippen LogP contribution in [0.4, 0.5) is 0 Å². The number of carbonyl (C=O) groups is 1. The zero-order chi connectivity index (χ0) is 16.2. The highest BCUT2D eigenvalue weighted by Gasteiger charge is 2.24. The van der Waals surface area contributed by atoms with Crippen LogP contribution in [0.1, 0.15) is 15.2 Å². The molecule has 0 saturated heterocycles. The van der Waals surface area contributed by atoms with E-state index in [1.807, 2.05) is 0 Å². The summed E-state index contributed by atoms with van der Waals surface area (Å²) in [6, 6.07) is 8.00. The van der Waals surface area contributed by atoms with Gasteiger partial charge < -0.3 is 4.74 Å². The van der Waals surface area contributed by atoms with E-state index in [1.54, 1.807) is 24.3 Å². The molecule has 0 radical (unpaired) electrons. The number of hydrazone groups is 1. The third kappa shape index (κ3) is 3.85. The van der Waals surface area contributed by atoms with Crippen LogP contribution >= 0.6 is 22.9 Å². The molecule has 2 aromatic rings. The predicted octanol–water partition coefficient (Wildman–Crippen LogP) is 2.50. The highest BCUT2D eigenvalue weighted by Crippen LogP contribution is 2.22. The molecule has 2 rings (SSSR count). The summed E-state index contributed by atoms with van der Waals surface area (Å²) in [6.45, 7) is 0. The van der Waals surface area contributed by atoms with Gasteiger partial charge in [0.25, 0.3) is 10.0 Å². The number of hydrogen-bond donors (Lipinski definition) is 1. The molecule has 22 heavy (non-hydrogen) atoms. The molecule has 0 aliphatic carbocycles. The number of nitrogens with one attached hydrogen (secondary N) is 1. The van der Waals surface area contributed by atoms with Gasteiger partial charge in [0.15, 0.2) is 0 Å². The number of hydrogen-bond acceptors (Lipinski definition) is 6. The molecule has 0 saturated carbocycles. The first kappa shape index (κ1) is 16.5. The van der Waals surface area contributed by atoms with Crippen molar-refractivity contribution in [3.05, 3.63) is 51.2 Å². The van der Waals surface area contributed by atoms with E-state index in [0.29, 0.717) is 10.6 Å². The Kier molecular flexibility index (Phi) is 5.17. The summed E-state index contributed by atoms with van der Waals surface area (Å²) < 4.78 is 28.8. The lowest BCUT2D eigenvalue weighted by atomic mass is 10.2. The molecule has 0 unspecified atom stereocenters. The molecule has 6 nitrogen and oxygen atoms in total. The minimum absolute atomic E-state index is 0.00306. The molecule has 0 aliphatic heterocycles. The van der Waals surface area contributed by atoms with Gasteiger partial charge in [0.05, 0.1) is 13.3 Å². The molecule has 1 aromatic heterocycles. The third-order valence-electron chi connectivity index (χ3n) is 2.55. The summed E-state index contributed by atoms with van der Waals surface area (Å²) in [4.78, 5) is 13.4. The van der Waals surface area contributed by atoms with Gasteiger partial charge in [-0.1, -0.05) is 23.7 Å². The second-order valence-corrected chi connectivity index (χ2v) is 6.99. The summed E-state index contributed by atoms with van der Waals surface area (Å²) in [5.41, 5.74) is 0.672. The van der Waals surface area contributed by atoms with E-state index in [9.17, 15) is 13.2 Å². The molecule has 9 heteroatoms. The highest BCUT2D eigenvalue weighted by atomic mass is 35.5. The lowest BCUT2D eigenvalue weighted by molar-refractivity contribution is 0.0602. The van der Waals surface area contributed by atoms with Crippen LogP contribution < -0.4 is 4.83 Å². The first-order valence-corrected chi connectivity index (χ1v) is 8.64. The molecular formula is C13H11ClN2O4S2. The Morgan fingerprint density at radius 1 is 1.32 bits per heavy atom. The Balaban J connectivity index is 2.16. The normalized spacial score (nSPS) is 11.5. The molecule has 1 heterocycles. The maximum absolute atomic E-state index is 12.1.